The maximum absolute atomic E-state index is 11.0. The van der Waals surface area contributed by atoms with Crippen molar-refractivity contribution in [1.82, 2.24) is 4.98 Å². The number of thiazole rings is 1. The highest BCUT2D eigenvalue weighted by Crippen LogP contribution is 2.19. The first-order valence-electron chi connectivity index (χ1n) is 5.57. The van der Waals surface area contributed by atoms with E-state index in [4.69, 9.17) is 0 Å². The molecule has 1 aromatic carbocycles. The minimum Gasteiger partial charge on any atom is -0.326 e. The molecule has 1 aliphatic heterocycles. The summed E-state index contributed by atoms with van der Waals surface area (Å²) < 4.78 is 0. The van der Waals surface area contributed by atoms with Gasteiger partial charge in [0, 0.05) is 28.9 Å². The largest absolute Gasteiger partial charge is 0.326 e. The number of carbonyl (C=O) groups is 1. The quantitative estimate of drug-likeness (QED) is 0.879. The van der Waals surface area contributed by atoms with Gasteiger partial charge in [0.1, 0.15) is 10.7 Å². The molecule has 1 aliphatic rings. The van der Waals surface area contributed by atoms with E-state index in [1.807, 2.05) is 30.5 Å². The number of amides is 1. The van der Waals surface area contributed by atoms with Crippen LogP contribution in [0.4, 0.5) is 5.69 Å². The first kappa shape index (κ1) is 11.1. The van der Waals surface area contributed by atoms with Crippen molar-refractivity contribution in [3.05, 3.63) is 44.9 Å². The highest BCUT2D eigenvalue weighted by atomic mass is 32.1. The van der Waals surface area contributed by atoms with E-state index in [9.17, 15) is 4.79 Å². The molecule has 90 valence electrons. The summed E-state index contributed by atoms with van der Waals surface area (Å²) in [7, 11) is 0. The molecular weight excluding hydrogens is 246 g/mol. The lowest BCUT2D eigenvalue weighted by Gasteiger charge is -2.09. The number of rotatable bonds is 2. The topological polar surface area (TPSA) is 54.4 Å². The number of hydrogen-bond donors (Lipinski definition) is 1. The Morgan fingerprint density at radius 3 is 2.83 bits per heavy atom. The summed E-state index contributed by atoms with van der Waals surface area (Å²) in [4.78, 5) is 19.8. The fourth-order valence-corrected chi connectivity index (χ4v) is 2.66. The Morgan fingerprint density at radius 1 is 1.39 bits per heavy atom. The summed E-state index contributed by atoms with van der Waals surface area (Å²) in [6.07, 6.45) is 0. The standard InChI is InChI=1S/C13H11N3OS/c1-7-6-18-13(14-7)12-10-4-3-9(15-8(2)17)5-11(10)16-12/h3-6H,1-2H3,(H,15,17). The number of fused-ring (bicyclic) bond motifs is 1. The number of aromatic nitrogens is 1. The molecule has 2 aromatic rings. The summed E-state index contributed by atoms with van der Waals surface area (Å²) in [6, 6.07) is 5.73. The molecule has 18 heavy (non-hydrogen) atoms. The monoisotopic (exact) mass is 257 g/mol. The van der Waals surface area contributed by atoms with Gasteiger partial charge in [0.15, 0.2) is 0 Å². The Hall–Kier alpha value is -2.01. The van der Waals surface area contributed by atoms with Crippen LogP contribution >= 0.6 is 11.3 Å². The summed E-state index contributed by atoms with van der Waals surface area (Å²) >= 11 is 1.60. The van der Waals surface area contributed by atoms with Gasteiger partial charge in [-0.3, -0.25) is 4.79 Å². The summed E-state index contributed by atoms with van der Waals surface area (Å²) in [5.74, 6) is -0.0750. The lowest BCUT2D eigenvalue weighted by atomic mass is 10.1. The molecule has 5 heteroatoms. The molecule has 0 radical (unpaired) electrons. The second kappa shape index (κ2) is 4.03. The lowest BCUT2D eigenvalue weighted by molar-refractivity contribution is -0.114. The van der Waals surface area contributed by atoms with Crippen LogP contribution in [0, 0.1) is 6.92 Å². The Bertz CT molecular complexity index is 761. The van der Waals surface area contributed by atoms with Crippen LogP contribution < -0.4 is 15.9 Å². The van der Waals surface area contributed by atoms with Crippen LogP contribution in [0.2, 0.25) is 0 Å². The van der Waals surface area contributed by atoms with Crippen LogP contribution in [0.25, 0.3) is 5.70 Å². The average Bonchev–Trinajstić information content (AvgIpc) is 2.67. The van der Waals surface area contributed by atoms with Crippen molar-refractivity contribution >= 4 is 28.6 Å². The van der Waals surface area contributed by atoms with Gasteiger partial charge in [0.25, 0.3) is 0 Å². The fraction of sp³-hybridized carbons (Fsp3) is 0.154. The molecule has 1 amide bonds. The van der Waals surface area contributed by atoms with E-state index in [0.717, 1.165) is 32.7 Å². The molecule has 0 saturated carbocycles. The summed E-state index contributed by atoms with van der Waals surface area (Å²) in [6.45, 7) is 3.46. The van der Waals surface area contributed by atoms with Crippen LogP contribution in [0.15, 0.2) is 28.6 Å². The molecule has 0 bridgehead atoms. The van der Waals surface area contributed by atoms with E-state index < -0.39 is 0 Å². The van der Waals surface area contributed by atoms with Crippen molar-refractivity contribution in [2.75, 3.05) is 5.32 Å². The van der Waals surface area contributed by atoms with Crippen molar-refractivity contribution in [3.8, 4) is 0 Å². The molecule has 0 fully saturated rings. The van der Waals surface area contributed by atoms with E-state index >= 15 is 0 Å². The van der Waals surface area contributed by atoms with Gasteiger partial charge in [-0.1, -0.05) is 0 Å². The summed E-state index contributed by atoms with van der Waals surface area (Å²) in [5.41, 5.74) is 2.73. The first-order chi connectivity index (χ1) is 8.63. The minimum absolute atomic E-state index is 0.0750. The predicted molar refractivity (Wildman–Crippen MR) is 70.9 cm³/mol. The predicted octanol–water partition coefficient (Wildman–Crippen LogP) is 1.20. The maximum Gasteiger partial charge on any atom is 0.221 e. The van der Waals surface area contributed by atoms with E-state index in [-0.39, 0.29) is 5.91 Å². The number of nitrogens with zero attached hydrogens (tertiary/aromatic N) is 2. The van der Waals surface area contributed by atoms with Gasteiger partial charge in [-0.05, 0) is 25.1 Å². The highest BCUT2D eigenvalue weighted by molar-refractivity contribution is 7.10. The van der Waals surface area contributed by atoms with Gasteiger partial charge in [-0.25, -0.2) is 9.98 Å². The third-order valence-electron chi connectivity index (χ3n) is 2.63. The van der Waals surface area contributed by atoms with Gasteiger partial charge in [-0.15, -0.1) is 11.3 Å². The Morgan fingerprint density at radius 2 is 2.22 bits per heavy atom. The highest BCUT2D eigenvalue weighted by Gasteiger charge is 2.13. The zero-order valence-corrected chi connectivity index (χ0v) is 10.8. The zero-order chi connectivity index (χ0) is 12.7. The number of anilines is 1. The number of benzene rings is 1. The first-order valence-corrected chi connectivity index (χ1v) is 6.44. The number of nitrogens with one attached hydrogen (secondary N) is 1. The van der Waals surface area contributed by atoms with Crippen LogP contribution in [-0.2, 0) is 4.79 Å². The second-order valence-corrected chi connectivity index (χ2v) is 5.03. The fourth-order valence-electron chi connectivity index (χ4n) is 1.86. The second-order valence-electron chi connectivity index (χ2n) is 4.17. The molecule has 1 aromatic heterocycles. The van der Waals surface area contributed by atoms with E-state index in [0.29, 0.717) is 0 Å². The maximum atomic E-state index is 11.0. The van der Waals surface area contributed by atoms with Gasteiger partial charge in [0.05, 0.1) is 5.36 Å². The minimum atomic E-state index is -0.0750. The zero-order valence-electron chi connectivity index (χ0n) is 10.0. The van der Waals surface area contributed by atoms with Crippen LogP contribution in [-0.4, -0.2) is 10.9 Å². The molecule has 0 atom stereocenters. The SMILES string of the molecule is CC(=O)Nc1ccc2c(c1)=NC=2c1nc(C)cs1. The molecule has 3 rings (SSSR count). The molecule has 4 nitrogen and oxygen atoms in total. The number of hydrogen-bond acceptors (Lipinski definition) is 4. The van der Waals surface area contributed by atoms with Gasteiger partial charge >= 0.3 is 0 Å². The van der Waals surface area contributed by atoms with Crippen LogP contribution in [0.1, 0.15) is 17.6 Å². The molecule has 2 heterocycles. The molecule has 1 N–H and O–H groups in total. The summed E-state index contributed by atoms with van der Waals surface area (Å²) in [5, 5.41) is 7.71. The van der Waals surface area contributed by atoms with Crippen molar-refractivity contribution in [3.63, 3.8) is 0 Å². The lowest BCUT2D eigenvalue weighted by Crippen LogP contribution is -2.35. The smallest absolute Gasteiger partial charge is 0.221 e. The molecular formula is C13H11N3OS. The van der Waals surface area contributed by atoms with E-state index in [2.05, 4.69) is 15.3 Å². The third kappa shape index (κ3) is 1.82. The molecule has 0 aliphatic carbocycles. The third-order valence-corrected chi connectivity index (χ3v) is 3.59. The van der Waals surface area contributed by atoms with Gasteiger partial charge in [0.2, 0.25) is 5.91 Å². The van der Waals surface area contributed by atoms with Gasteiger partial charge < -0.3 is 5.32 Å². The molecule has 0 spiro atoms. The van der Waals surface area contributed by atoms with Crippen LogP contribution in [0.3, 0.4) is 0 Å². The normalized spacial score (nSPS) is 12.4. The van der Waals surface area contributed by atoms with Crippen molar-refractivity contribution in [2.45, 2.75) is 13.8 Å². The van der Waals surface area contributed by atoms with Crippen LogP contribution in [0.5, 0.6) is 0 Å². The number of aryl methyl sites for hydroxylation is 1. The molecule has 0 saturated heterocycles. The van der Waals surface area contributed by atoms with E-state index in [1.165, 1.54) is 6.92 Å². The van der Waals surface area contributed by atoms with Crippen molar-refractivity contribution < 1.29 is 4.79 Å². The van der Waals surface area contributed by atoms with Crippen molar-refractivity contribution in [2.24, 2.45) is 4.99 Å². The number of carbonyl (C=O) groups excluding carboxylic acids is 1. The van der Waals surface area contributed by atoms with Gasteiger partial charge in [-0.2, -0.15) is 0 Å². The Balaban J connectivity index is 2.01. The van der Waals surface area contributed by atoms with E-state index in [1.54, 1.807) is 11.3 Å². The van der Waals surface area contributed by atoms with Crippen molar-refractivity contribution in [1.29, 1.82) is 0 Å². The average molecular weight is 257 g/mol. The Kier molecular flexibility index (Phi) is 2.48. The Labute approximate surface area is 108 Å². The molecule has 0 unspecified atom stereocenters.